The molecule has 0 radical (unpaired) electrons. The van der Waals surface area contributed by atoms with E-state index in [1.165, 1.54) is 18.4 Å². The van der Waals surface area contributed by atoms with Gasteiger partial charge in [-0.1, -0.05) is 67.5 Å². The number of nitrogens with one attached hydrogen (secondary N) is 1. The summed E-state index contributed by atoms with van der Waals surface area (Å²) in [5, 5.41) is 0. The van der Waals surface area contributed by atoms with Gasteiger partial charge in [0.15, 0.2) is 0 Å². The molecule has 0 saturated carbocycles. The average Bonchev–Trinajstić information content (AvgIpc) is 2.58. The SMILES string of the molecule is CCCCc1ccc(/C=C/CNS(=O)(=O)c2ccc(C)cc2)cc1. The number of hydrogen-bond donors (Lipinski definition) is 1. The van der Waals surface area contributed by atoms with E-state index in [0.29, 0.717) is 4.90 Å². The van der Waals surface area contributed by atoms with Crippen LogP contribution < -0.4 is 4.72 Å². The van der Waals surface area contributed by atoms with Crippen molar-refractivity contribution >= 4 is 16.1 Å². The quantitative estimate of drug-likeness (QED) is 0.775. The van der Waals surface area contributed by atoms with Gasteiger partial charge in [-0.2, -0.15) is 0 Å². The second-order valence-corrected chi connectivity index (χ2v) is 7.68. The zero-order chi connectivity index (χ0) is 17.4. The third-order valence-electron chi connectivity index (χ3n) is 3.83. The molecule has 0 heterocycles. The Morgan fingerprint density at radius 3 is 2.29 bits per heavy atom. The van der Waals surface area contributed by atoms with Gasteiger partial charge in [0, 0.05) is 6.54 Å². The molecule has 1 N–H and O–H groups in total. The summed E-state index contributed by atoms with van der Waals surface area (Å²) in [6, 6.07) is 15.2. The van der Waals surface area contributed by atoms with Crippen LogP contribution in [0, 0.1) is 6.92 Å². The summed E-state index contributed by atoms with van der Waals surface area (Å²) in [5.74, 6) is 0. The standard InChI is InChI=1S/C20H25NO2S/c1-3-4-6-18-10-12-19(13-11-18)7-5-16-21-24(22,23)20-14-8-17(2)9-15-20/h5,7-15,21H,3-4,6,16H2,1-2H3/b7-5+. The van der Waals surface area contributed by atoms with E-state index in [2.05, 4.69) is 35.9 Å². The van der Waals surface area contributed by atoms with Gasteiger partial charge < -0.3 is 0 Å². The molecule has 0 aromatic heterocycles. The fourth-order valence-electron chi connectivity index (χ4n) is 2.33. The summed E-state index contributed by atoms with van der Waals surface area (Å²) in [6.45, 7) is 4.39. The molecule has 24 heavy (non-hydrogen) atoms. The van der Waals surface area contributed by atoms with Crippen LogP contribution in [-0.2, 0) is 16.4 Å². The molecule has 0 spiro atoms. The van der Waals surface area contributed by atoms with Crippen LogP contribution in [0.5, 0.6) is 0 Å². The Bertz CT molecular complexity index is 760. The molecule has 0 amide bonds. The van der Waals surface area contributed by atoms with Crippen LogP contribution in [0.4, 0.5) is 0 Å². The van der Waals surface area contributed by atoms with Crippen molar-refractivity contribution in [1.82, 2.24) is 4.72 Å². The van der Waals surface area contributed by atoms with Crippen LogP contribution in [0.2, 0.25) is 0 Å². The van der Waals surface area contributed by atoms with E-state index >= 15 is 0 Å². The molecule has 3 nitrogen and oxygen atoms in total. The van der Waals surface area contributed by atoms with Crippen molar-refractivity contribution in [3.8, 4) is 0 Å². The maximum atomic E-state index is 12.2. The molecule has 128 valence electrons. The highest BCUT2D eigenvalue weighted by Crippen LogP contribution is 2.11. The van der Waals surface area contributed by atoms with Crippen LogP contribution in [0.1, 0.15) is 36.5 Å². The Morgan fingerprint density at radius 1 is 1.00 bits per heavy atom. The smallest absolute Gasteiger partial charge is 0.207 e. The minimum absolute atomic E-state index is 0.272. The predicted molar refractivity (Wildman–Crippen MR) is 100 cm³/mol. The van der Waals surface area contributed by atoms with E-state index in [4.69, 9.17) is 0 Å². The number of aryl methyl sites for hydroxylation is 2. The molecule has 4 heteroatoms. The first kappa shape index (κ1) is 18.4. The monoisotopic (exact) mass is 343 g/mol. The van der Waals surface area contributed by atoms with Crippen molar-refractivity contribution < 1.29 is 8.42 Å². The van der Waals surface area contributed by atoms with Crippen LogP contribution >= 0.6 is 0 Å². The van der Waals surface area contributed by atoms with Gasteiger partial charge in [0.2, 0.25) is 10.0 Å². The second kappa shape index (κ2) is 8.81. The fourth-order valence-corrected chi connectivity index (χ4v) is 3.31. The zero-order valence-electron chi connectivity index (χ0n) is 14.3. The molecule has 0 saturated heterocycles. The van der Waals surface area contributed by atoms with Crippen molar-refractivity contribution in [2.45, 2.75) is 38.0 Å². The molecular formula is C20H25NO2S. The molecule has 0 fully saturated rings. The molecule has 2 aromatic carbocycles. The lowest BCUT2D eigenvalue weighted by molar-refractivity contribution is 0.585. The van der Waals surface area contributed by atoms with Crippen molar-refractivity contribution in [1.29, 1.82) is 0 Å². The summed E-state index contributed by atoms with van der Waals surface area (Å²) in [7, 11) is -3.45. The molecule has 0 bridgehead atoms. The van der Waals surface area contributed by atoms with Gasteiger partial charge >= 0.3 is 0 Å². The molecule has 0 aliphatic rings. The van der Waals surface area contributed by atoms with Crippen LogP contribution in [0.25, 0.3) is 6.08 Å². The molecule has 0 atom stereocenters. The van der Waals surface area contributed by atoms with Crippen molar-refractivity contribution in [2.24, 2.45) is 0 Å². The summed E-state index contributed by atoms with van der Waals surface area (Å²) in [6.07, 6.45) is 7.27. The minimum atomic E-state index is -3.45. The molecule has 0 unspecified atom stereocenters. The van der Waals surface area contributed by atoms with E-state index in [9.17, 15) is 8.42 Å². The lowest BCUT2D eigenvalue weighted by atomic mass is 10.1. The van der Waals surface area contributed by atoms with Crippen molar-refractivity contribution in [2.75, 3.05) is 6.54 Å². The molecule has 0 aliphatic heterocycles. The number of benzene rings is 2. The Kier molecular flexibility index (Phi) is 6.76. The third kappa shape index (κ3) is 5.62. The maximum Gasteiger partial charge on any atom is 0.240 e. The largest absolute Gasteiger partial charge is 0.240 e. The minimum Gasteiger partial charge on any atom is -0.207 e. The molecule has 2 aromatic rings. The number of hydrogen-bond acceptors (Lipinski definition) is 2. The summed E-state index contributed by atoms with van der Waals surface area (Å²) < 4.78 is 26.9. The van der Waals surface area contributed by atoms with Gasteiger partial charge in [0.25, 0.3) is 0 Å². The van der Waals surface area contributed by atoms with Gasteiger partial charge in [-0.05, 0) is 43.0 Å². The lowest BCUT2D eigenvalue weighted by Crippen LogP contribution is -2.23. The normalized spacial score (nSPS) is 11.9. The maximum absolute atomic E-state index is 12.2. The van der Waals surface area contributed by atoms with Crippen molar-refractivity contribution in [3.63, 3.8) is 0 Å². The Morgan fingerprint density at radius 2 is 1.67 bits per heavy atom. The predicted octanol–water partition coefficient (Wildman–Crippen LogP) is 4.33. The topological polar surface area (TPSA) is 46.2 Å². The van der Waals surface area contributed by atoms with Crippen molar-refractivity contribution in [3.05, 3.63) is 71.3 Å². The van der Waals surface area contributed by atoms with E-state index in [1.807, 2.05) is 19.1 Å². The van der Waals surface area contributed by atoms with Crippen LogP contribution in [-0.4, -0.2) is 15.0 Å². The Hall–Kier alpha value is -1.91. The summed E-state index contributed by atoms with van der Waals surface area (Å²) in [4.78, 5) is 0.293. The first-order valence-corrected chi connectivity index (χ1v) is 9.81. The van der Waals surface area contributed by atoms with Gasteiger partial charge in [-0.15, -0.1) is 0 Å². The summed E-state index contributed by atoms with van der Waals surface area (Å²) >= 11 is 0. The molecule has 2 rings (SSSR count). The number of unbranched alkanes of at least 4 members (excludes halogenated alkanes) is 1. The molecule has 0 aliphatic carbocycles. The highest BCUT2D eigenvalue weighted by atomic mass is 32.2. The van der Waals surface area contributed by atoms with E-state index in [1.54, 1.807) is 24.3 Å². The number of rotatable bonds is 8. The Balaban J connectivity index is 1.88. The summed E-state index contributed by atoms with van der Waals surface area (Å²) in [5.41, 5.74) is 3.45. The first-order valence-electron chi connectivity index (χ1n) is 8.33. The number of sulfonamides is 1. The third-order valence-corrected chi connectivity index (χ3v) is 5.27. The lowest BCUT2D eigenvalue weighted by Gasteiger charge is -2.05. The van der Waals surface area contributed by atoms with Gasteiger partial charge in [-0.3, -0.25) is 0 Å². The van der Waals surface area contributed by atoms with E-state index in [-0.39, 0.29) is 6.54 Å². The first-order chi connectivity index (χ1) is 11.5. The van der Waals surface area contributed by atoms with E-state index in [0.717, 1.165) is 17.5 Å². The Labute approximate surface area is 145 Å². The van der Waals surface area contributed by atoms with Gasteiger partial charge in [0.05, 0.1) is 4.90 Å². The molecular weight excluding hydrogens is 318 g/mol. The highest BCUT2D eigenvalue weighted by Gasteiger charge is 2.11. The van der Waals surface area contributed by atoms with Gasteiger partial charge in [-0.25, -0.2) is 13.1 Å². The van der Waals surface area contributed by atoms with Gasteiger partial charge in [0.1, 0.15) is 0 Å². The van der Waals surface area contributed by atoms with Crippen LogP contribution in [0.3, 0.4) is 0 Å². The fraction of sp³-hybridized carbons (Fsp3) is 0.300. The zero-order valence-corrected chi connectivity index (χ0v) is 15.1. The second-order valence-electron chi connectivity index (χ2n) is 5.91. The van der Waals surface area contributed by atoms with E-state index < -0.39 is 10.0 Å². The highest BCUT2D eigenvalue weighted by molar-refractivity contribution is 7.89. The average molecular weight is 343 g/mol. The van der Waals surface area contributed by atoms with Crippen LogP contribution in [0.15, 0.2) is 59.5 Å².